The molecule has 0 radical (unpaired) electrons. The molecule has 2 aliphatic rings. The number of benzene rings is 5. The lowest BCUT2D eigenvalue weighted by Gasteiger charge is -2.45. The van der Waals surface area contributed by atoms with Crippen molar-refractivity contribution < 1.29 is 14.3 Å². The van der Waals surface area contributed by atoms with Gasteiger partial charge in [0.25, 0.3) is 0 Å². The Morgan fingerprint density at radius 2 is 1.14 bits per heavy atom. The number of hydrogen-bond acceptors (Lipinski definition) is 4. The number of rotatable bonds is 8. The summed E-state index contributed by atoms with van der Waals surface area (Å²) in [5.41, 5.74) is 5.69. The van der Waals surface area contributed by atoms with Crippen LogP contribution in [0.4, 0.5) is 5.69 Å². The minimum absolute atomic E-state index is 0.315. The van der Waals surface area contributed by atoms with Gasteiger partial charge in [-0.15, -0.1) is 5.01 Å². The van der Waals surface area contributed by atoms with Crippen LogP contribution < -0.4 is 9.33 Å². The Labute approximate surface area is 253 Å². The number of carbonyl (C=O) groups is 1. The predicted molar refractivity (Wildman–Crippen MR) is 170 cm³/mol. The molecule has 7 rings (SSSR count). The maximum absolute atomic E-state index is 13.6. The molecule has 5 nitrogen and oxygen atoms in total. The molecule has 214 valence electrons. The summed E-state index contributed by atoms with van der Waals surface area (Å²) in [6.45, 7) is 7.72. The fraction of sp³-hybridized carbons (Fsp3) is 0.184. The molecular formula is C38H35N2O3+. The number of carbonyl (C=O) groups excluding carboxylic acids is 1. The van der Waals surface area contributed by atoms with Crippen LogP contribution in [0.1, 0.15) is 52.0 Å². The van der Waals surface area contributed by atoms with Gasteiger partial charge in [-0.3, -0.25) is 0 Å². The van der Waals surface area contributed by atoms with E-state index in [4.69, 9.17) is 9.47 Å². The Morgan fingerprint density at radius 1 is 0.628 bits per heavy atom. The van der Waals surface area contributed by atoms with E-state index in [-0.39, 0.29) is 5.97 Å². The fourth-order valence-corrected chi connectivity index (χ4v) is 6.93. The minimum atomic E-state index is -1.09. The first-order valence-electron chi connectivity index (χ1n) is 15.0. The zero-order chi connectivity index (χ0) is 29.4. The highest BCUT2D eigenvalue weighted by molar-refractivity contribution is 5.97. The molecule has 5 aromatic rings. The Bertz CT molecular complexity index is 1690. The summed E-state index contributed by atoms with van der Waals surface area (Å²) in [6, 6.07) is 43.4. The lowest BCUT2D eigenvalue weighted by molar-refractivity contribution is -0.0252. The van der Waals surface area contributed by atoms with Crippen LogP contribution in [0.15, 0.2) is 127 Å². The molecule has 0 unspecified atom stereocenters. The SMILES string of the molecule is CC[N+](CC)(c1ccc2c(c1)C1(OC2=O)c2ccccc2Oc2ccccc21)N(Cc1ccccc1)Cc1ccccc1. The summed E-state index contributed by atoms with van der Waals surface area (Å²) in [7, 11) is 0. The van der Waals surface area contributed by atoms with Crippen LogP contribution in [0.2, 0.25) is 0 Å². The third-order valence-electron chi connectivity index (χ3n) is 9.08. The van der Waals surface area contributed by atoms with Crippen molar-refractivity contribution in [3.05, 3.63) is 161 Å². The van der Waals surface area contributed by atoms with Gasteiger partial charge in [-0.05, 0) is 43.2 Å². The zero-order valence-corrected chi connectivity index (χ0v) is 24.6. The highest BCUT2D eigenvalue weighted by Crippen LogP contribution is 2.56. The Morgan fingerprint density at radius 3 is 1.67 bits per heavy atom. The molecule has 0 amide bonds. The lowest BCUT2D eigenvalue weighted by Crippen LogP contribution is -2.61. The summed E-state index contributed by atoms with van der Waals surface area (Å²) >= 11 is 0. The van der Waals surface area contributed by atoms with E-state index in [1.54, 1.807) is 0 Å². The molecule has 0 fully saturated rings. The highest BCUT2D eigenvalue weighted by atomic mass is 16.6. The zero-order valence-electron chi connectivity index (χ0n) is 24.6. The quantitative estimate of drug-likeness (QED) is 0.108. The van der Waals surface area contributed by atoms with Crippen LogP contribution in [0.3, 0.4) is 0 Å². The van der Waals surface area contributed by atoms with E-state index in [1.807, 2.05) is 54.6 Å². The van der Waals surface area contributed by atoms with Gasteiger partial charge in [0.2, 0.25) is 0 Å². The Kier molecular flexibility index (Phi) is 6.85. The third-order valence-corrected chi connectivity index (χ3v) is 9.08. The largest absolute Gasteiger partial charge is 0.456 e. The van der Waals surface area contributed by atoms with Crippen LogP contribution in [-0.2, 0) is 23.4 Å². The van der Waals surface area contributed by atoms with E-state index >= 15 is 0 Å². The monoisotopic (exact) mass is 567 g/mol. The highest BCUT2D eigenvalue weighted by Gasteiger charge is 2.54. The molecule has 0 aliphatic carbocycles. The molecule has 0 aromatic heterocycles. The number of nitrogens with zero attached hydrogens (tertiary/aromatic N) is 2. The number of ether oxygens (including phenoxy) is 2. The molecule has 43 heavy (non-hydrogen) atoms. The van der Waals surface area contributed by atoms with Crippen molar-refractivity contribution in [3.8, 4) is 11.5 Å². The van der Waals surface area contributed by atoms with Crippen molar-refractivity contribution in [2.45, 2.75) is 32.5 Å². The first kappa shape index (κ1) is 27.1. The normalized spacial score (nSPS) is 14.5. The van der Waals surface area contributed by atoms with Crippen LogP contribution in [0.25, 0.3) is 0 Å². The van der Waals surface area contributed by atoms with Crippen molar-refractivity contribution in [1.29, 1.82) is 0 Å². The van der Waals surface area contributed by atoms with Crippen molar-refractivity contribution in [3.63, 3.8) is 0 Å². The van der Waals surface area contributed by atoms with Crippen LogP contribution >= 0.6 is 0 Å². The molecule has 0 saturated heterocycles. The van der Waals surface area contributed by atoms with Crippen molar-refractivity contribution in [2.24, 2.45) is 0 Å². The fourth-order valence-electron chi connectivity index (χ4n) is 6.93. The van der Waals surface area contributed by atoms with E-state index in [2.05, 4.69) is 91.7 Å². The first-order valence-corrected chi connectivity index (χ1v) is 15.0. The smallest absolute Gasteiger partial charge is 0.340 e. The molecular weight excluding hydrogens is 532 g/mol. The van der Waals surface area contributed by atoms with Gasteiger partial charge in [0.1, 0.15) is 11.5 Å². The van der Waals surface area contributed by atoms with E-state index in [9.17, 15) is 4.79 Å². The van der Waals surface area contributed by atoms with Crippen molar-refractivity contribution in [1.82, 2.24) is 9.60 Å². The van der Waals surface area contributed by atoms with Crippen LogP contribution in [0, 0.1) is 0 Å². The average Bonchev–Trinajstić information content (AvgIpc) is 3.35. The molecule has 5 heteroatoms. The number of quaternary nitrogens is 1. The van der Waals surface area contributed by atoms with E-state index in [1.165, 1.54) is 11.1 Å². The Balaban J connectivity index is 1.42. The van der Waals surface area contributed by atoms with Crippen LogP contribution in [0.5, 0.6) is 11.5 Å². The second-order valence-corrected chi connectivity index (χ2v) is 11.2. The molecule has 0 atom stereocenters. The van der Waals surface area contributed by atoms with Crippen molar-refractivity contribution >= 4 is 11.7 Å². The molecule has 0 bridgehead atoms. The molecule has 0 N–H and O–H groups in total. The van der Waals surface area contributed by atoms with Crippen molar-refractivity contribution in [2.75, 3.05) is 13.1 Å². The average molecular weight is 568 g/mol. The minimum Gasteiger partial charge on any atom is -0.456 e. The second-order valence-electron chi connectivity index (χ2n) is 11.2. The first-order chi connectivity index (χ1) is 21.1. The number of esters is 1. The maximum atomic E-state index is 13.6. The Hall–Kier alpha value is -4.71. The second kappa shape index (κ2) is 10.8. The molecule has 0 saturated carbocycles. The van der Waals surface area contributed by atoms with Gasteiger partial charge in [0.15, 0.2) is 11.3 Å². The number of para-hydroxylation sites is 2. The number of hydrogen-bond donors (Lipinski definition) is 0. The van der Waals surface area contributed by atoms with Gasteiger partial charge in [0, 0.05) is 28.8 Å². The summed E-state index contributed by atoms with van der Waals surface area (Å²) in [4.78, 5) is 13.6. The van der Waals surface area contributed by atoms with Gasteiger partial charge in [-0.2, -0.15) is 0 Å². The summed E-state index contributed by atoms with van der Waals surface area (Å²) in [5.74, 6) is 1.09. The topological polar surface area (TPSA) is 38.8 Å². The van der Waals surface area contributed by atoms with Gasteiger partial charge in [0.05, 0.1) is 31.7 Å². The van der Waals surface area contributed by atoms with E-state index < -0.39 is 5.60 Å². The van der Waals surface area contributed by atoms with Gasteiger partial charge >= 0.3 is 5.97 Å². The van der Waals surface area contributed by atoms with Gasteiger partial charge < -0.3 is 9.47 Å². The number of fused-ring (bicyclic) bond motifs is 6. The van der Waals surface area contributed by atoms with E-state index in [0.29, 0.717) is 21.7 Å². The van der Waals surface area contributed by atoms with Crippen LogP contribution in [-0.4, -0.2) is 24.1 Å². The predicted octanol–water partition coefficient (Wildman–Crippen LogP) is 8.22. The summed E-state index contributed by atoms with van der Waals surface area (Å²) in [6.07, 6.45) is 0. The molecule has 2 aliphatic heterocycles. The molecule has 5 aromatic carbocycles. The van der Waals surface area contributed by atoms with E-state index in [0.717, 1.165) is 48.6 Å². The molecule has 2 heterocycles. The van der Waals surface area contributed by atoms with Gasteiger partial charge in [-0.25, -0.2) is 9.39 Å². The van der Waals surface area contributed by atoms with Gasteiger partial charge in [-0.1, -0.05) is 97.1 Å². The maximum Gasteiger partial charge on any atom is 0.340 e. The summed E-state index contributed by atoms with van der Waals surface area (Å²) < 4.78 is 13.4. The third kappa shape index (κ3) is 4.35. The lowest BCUT2D eigenvalue weighted by atomic mass is 9.77. The standard InChI is InChI=1S/C38H35N2O3/c1-3-40(4-2,39(26-28-15-7-5-8-16-28)27-29-17-9-6-10-18-29)30-23-24-31-34(25-30)38(43-37(31)41)32-19-11-13-21-35(32)42-36-22-14-12-20-33(36)38/h5-25H,3-4,26-27H2,1-2H3/q+1. The molecule has 1 spiro atoms. The summed E-state index contributed by atoms with van der Waals surface area (Å²) in [5, 5.41) is 2.54.